The molecule has 1 fully saturated rings. The van der Waals surface area contributed by atoms with Crippen LogP contribution >= 0.6 is 11.3 Å². The predicted octanol–water partition coefficient (Wildman–Crippen LogP) is 5.59. The molecule has 6 heteroatoms. The lowest BCUT2D eigenvalue weighted by atomic mass is 9.90. The second kappa shape index (κ2) is 12.2. The van der Waals surface area contributed by atoms with E-state index in [4.69, 9.17) is 0 Å². The van der Waals surface area contributed by atoms with Gasteiger partial charge < -0.3 is 9.80 Å². The zero-order chi connectivity index (χ0) is 27.3. The van der Waals surface area contributed by atoms with Crippen LogP contribution in [0.4, 0.5) is 0 Å². The highest BCUT2D eigenvalue weighted by Crippen LogP contribution is 2.37. The summed E-state index contributed by atoms with van der Waals surface area (Å²) in [5.74, 6) is -0.0853. The summed E-state index contributed by atoms with van der Waals surface area (Å²) in [7, 11) is 0. The highest BCUT2D eigenvalue weighted by molar-refractivity contribution is 7.10. The minimum Gasteiger partial charge on any atom is -0.340 e. The number of benzene rings is 3. The van der Waals surface area contributed by atoms with E-state index in [2.05, 4.69) is 40.6 Å². The molecule has 0 aliphatic carbocycles. The van der Waals surface area contributed by atoms with Gasteiger partial charge in [0.05, 0.1) is 18.5 Å². The first-order valence-corrected chi connectivity index (χ1v) is 15.1. The first-order chi connectivity index (χ1) is 19.7. The third-order valence-electron chi connectivity index (χ3n) is 8.19. The van der Waals surface area contributed by atoms with Gasteiger partial charge in [-0.1, -0.05) is 91.0 Å². The van der Waals surface area contributed by atoms with E-state index < -0.39 is 0 Å². The summed E-state index contributed by atoms with van der Waals surface area (Å²) in [5.41, 5.74) is 4.56. The van der Waals surface area contributed by atoms with Crippen LogP contribution in [0.5, 0.6) is 0 Å². The number of hydrogen-bond acceptors (Lipinski definition) is 4. The molecule has 1 atom stereocenters. The van der Waals surface area contributed by atoms with Gasteiger partial charge in [-0.2, -0.15) is 0 Å². The van der Waals surface area contributed by atoms with Gasteiger partial charge in [-0.25, -0.2) is 0 Å². The van der Waals surface area contributed by atoms with Crippen LogP contribution in [-0.4, -0.2) is 65.8 Å². The summed E-state index contributed by atoms with van der Waals surface area (Å²) in [6.45, 7) is 3.71. The van der Waals surface area contributed by atoms with E-state index in [1.54, 1.807) is 0 Å². The lowest BCUT2D eigenvalue weighted by Crippen LogP contribution is -2.45. The number of nitrogens with zero attached hydrogens (tertiary/aromatic N) is 3. The van der Waals surface area contributed by atoms with Crippen molar-refractivity contribution in [2.75, 3.05) is 39.3 Å². The van der Waals surface area contributed by atoms with Gasteiger partial charge in [0, 0.05) is 37.6 Å². The number of rotatable bonds is 6. The molecule has 0 saturated carbocycles. The van der Waals surface area contributed by atoms with Crippen LogP contribution < -0.4 is 0 Å². The molecule has 4 aromatic rings. The van der Waals surface area contributed by atoms with Gasteiger partial charge in [0.25, 0.3) is 0 Å². The normalized spacial score (nSPS) is 17.9. The Morgan fingerprint density at radius 1 is 0.725 bits per heavy atom. The van der Waals surface area contributed by atoms with Crippen LogP contribution in [0, 0.1) is 0 Å². The van der Waals surface area contributed by atoms with Gasteiger partial charge in [-0.15, -0.1) is 11.3 Å². The summed E-state index contributed by atoms with van der Waals surface area (Å²) < 4.78 is 0. The number of carbonyl (C=O) groups is 2. The molecule has 5 nitrogen and oxygen atoms in total. The minimum atomic E-state index is -0.343. The van der Waals surface area contributed by atoms with E-state index in [0.29, 0.717) is 32.7 Å². The largest absolute Gasteiger partial charge is 0.340 e. The monoisotopic (exact) mass is 549 g/mol. The number of hydrogen-bond donors (Lipinski definition) is 0. The Morgan fingerprint density at radius 3 is 2.00 bits per heavy atom. The lowest BCUT2D eigenvalue weighted by molar-refractivity contribution is -0.134. The van der Waals surface area contributed by atoms with E-state index in [1.165, 1.54) is 16.0 Å². The molecule has 3 heterocycles. The molecule has 2 aliphatic heterocycles. The standard InChI is InChI=1S/C34H35N3O2S/c38-31(25-37-21-17-30-29(18-24-40-30)33(37)28-15-8-3-9-16-28)35-19-10-20-36(23-22-35)34(39)32(26-11-4-1-5-12-26)27-13-6-2-7-14-27/h1-9,11-16,18,24,32-33H,10,17,19-23,25H2. The molecule has 2 amide bonds. The van der Waals surface area contributed by atoms with Crippen LogP contribution in [-0.2, 0) is 16.0 Å². The number of thiophene rings is 1. The van der Waals surface area contributed by atoms with E-state index in [1.807, 2.05) is 87.9 Å². The van der Waals surface area contributed by atoms with Crippen molar-refractivity contribution in [2.24, 2.45) is 0 Å². The van der Waals surface area contributed by atoms with Crippen molar-refractivity contribution in [1.82, 2.24) is 14.7 Å². The zero-order valence-electron chi connectivity index (χ0n) is 22.7. The summed E-state index contributed by atoms with van der Waals surface area (Å²) >= 11 is 1.82. The number of amides is 2. The molecular formula is C34H35N3O2S. The van der Waals surface area contributed by atoms with E-state index in [9.17, 15) is 9.59 Å². The molecule has 204 valence electrons. The second-order valence-corrected chi connectivity index (χ2v) is 11.6. The van der Waals surface area contributed by atoms with Crippen molar-refractivity contribution in [3.63, 3.8) is 0 Å². The average molecular weight is 550 g/mol. The first-order valence-electron chi connectivity index (χ1n) is 14.2. The van der Waals surface area contributed by atoms with Gasteiger partial charge in [-0.05, 0) is 46.5 Å². The lowest BCUT2D eigenvalue weighted by Gasteiger charge is -2.37. The zero-order valence-corrected chi connectivity index (χ0v) is 23.5. The predicted molar refractivity (Wildman–Crippen MR) is 160 cm³/mol. The Labute approximate surface area is 240 Å². The molecule has 0 N–H and O–H groups in total. The van der Waals surface area contributed by atoms with Crippen molar-refractivity contribution in [3.05, 3.63) is 130 Å². The SMILES string of the molecule is O=C(CN1CCc2sccc2C1c1ccccc1)N1CCCN(C(=O)C(c2ccccc2)c2ccccc2)CC1. The van der Waals surface area contributed by atoms with Crippen molar-refractivity contribution < 1.29 is 9.59 Å². The van der Waals surface area contributed by atoms with Crippen LogP contribution in [0.1, 0.15) is 45.5 Å². The molecule has 0 spiro atoms. The van der Waals surface area contributed by atoms with Crippen LogP contribution in [0.2, 0.25) is 0 Å². The van der Waals surface area contributed by atoms with Crippen LogP contribution in [0.25, 0.3) is 0 Å². The summed E-state index contributed by atoms with van der Waals surface area (Å²) in [5, 5.41) is 2.17. The van der Waals surface area contributed by atoms with E-state index in [-0.39, 0.29) is 23.8 Å². The average Bonchev–Trinajstić information content (AvgIpc) is 3.34. The number of carbonyl (C=O) groups excluding carboxylic acids is 2. The van der Waals surface area contributed by atoms with Crippen molar-refractivity contribution in [3.8, 4) is 0 Å². The minimum absolute atomic E-state index is 0.0997. The van der Waals surface area contributed by atoms with Crippen LogP contribution in [0.3, 0.4) is 0 Å². The highest BCUT2D eigenvalue weighted by atomic mass is 32.1. The topological polar surface area (TPSA) is 43.9 Å². The molecule has 1 saturated heterocycles. The maximum absolute atomic E-state index is 14.0. The van der Waals surface area contributed by atoms with Gasteiger partial charge in [-0.3, -0.25) is 14.5 Å². The maximum Gasteiger partial charge on any atom is 0.236 e. The first kappa shape index (κ1) is 26.5. The van der Waals surface area contributed by atoms with E-state index in [0.717, 1.165) is 30.5 Å². The van der Waals surface area contributed by atoms with Crippen molar-refractivity contribution >= 4 is 23.2 Å². The van der Waals surface area contributed by atoms with E-state index >= 15 is 0 Å². The van der Waals surface area contributed by atoms with Crippen molar-refractivity contribution in [1.29, 1.82) is 0 Å². The molecule has 1 unspecified atom stereocenters. The highest BCUT2D eigenvalue weighted by Gasteiger charge is 2.33. The summed E-state index contributed by atoms with van der Waals surface area (Å²) in [4.78, 5) is 35.3. The Morgan fingerprint density at radius 2 is 1.32 bits per heavy atom. The van der Waals surface area contributed by atoms with Crippen LogP contribution in [0.15, 0.2) is 102 Å². The smallest absolute Gasteiger partial charge is 0.236 e. The molecule has 40 heavy (non-hydrogen) atoms. The number of fused-ring (bicyclic) bond motifs is 1. The Balaban J connectivity index is 1.15. The molecular weight excluding hydrogens is 514 g/mol. The van der Waals surface area contributed by atoms with Gasteiger partial charge >= 0.3 is 0 Å². The second-order valence-electron chi connectivity index (χ2n) is 10.6. The molecule has 1 aromatic heterocycles. The fourth-order valence-corrected chi connectivity index (χ4v) is 7.08. The Kier molecular flexibility index (Phi) is 8.07. The fraction of sp³-hybridized carbons (Fsp3) is 0.294. The molecule has 0 bridgehead atoms. The fourth-order valence-electron chi connectivity index (χ4n) is 6.18. The third-order valence-corrected chi connectivity index (χ3v) is 9.19. The maximum atomic E-state index is 14.0. The van der Waals surface area contributed by atoms with Gasteiger partial charge in [0.2, 0.25) is 11.8 Å². The molecule has 2 aliphatic rings. The Bertz CT molecular complexity index is 1380. The molecule has 0 radical (unpaired) electrons. The van der Waals surface area contributed by atoms with Gasteiger partial charge in [0.15, 0.2) is 0 Å². The third kappa shape index (κ3) is 5.60. The quantitative estimate of drug-likeness (QED) is 0.315. The summed E-state index contributed by atoms with van der Waals surface area (Å²) in [6, 6.07) is 32.9. The van der Waals surface area contributed by atoms with Crippen molar-refractivity contribution in [2.45, 2.75) is 24.8 Å². The molecule has 3 aromatic carbocycles. The Hall–Kier alpha value is -3.74. The summed E-state index contributed by atoms with van der Waals surface area (Å²) in [6.07, 6.45) is 1.76. The van der Waals surface area contributed by atoms with Gasteiger partial charge in [0.1, 0.15) is 0 Å². The molecule has 6 rings (SSSR count).